The highest BCUT2D eigenvalue weighted by Crippen LogP contribution is 2.39. The van der Waals surface area contributed by atoms with Gasteiger partial charge in [-0.3, -0.25) is 0 Å². The van der Waals surface area contributed by atoms with Crippen LogP contribution in [0.25, 0.3) is 0 Å². The first-order valence-corrected chi connectivity index (χ1v) is 4.94. The Balaban J connectivity index is 3.24. The molecule has 0 aliphatic rings. The van der Waals surface area contributed by atoms with E-state index < -0.39 is 29.5 Å². The molecule has 0 aliphatic carbocycles. The number of phenols is 1. The molecule has 0 radical (unpaired) electrons. The number of hydrogen-bond acceptors (Lipinski definition) is 2. The van der Waals surface area contributed by atoms with E-state index in [1.165, 1.54) is 0 Å². The standard InChI is InChI=1S/C9H9BrF3NO/c10-5-3-6(8(15)7(11)4-5)9(12,13)1-2-14/h3-4,15H,1-2,14H2. The van der Waals surface area contributed by atoms with Crippen molar-refractivity contribution in [2.45, 2.75) is 12.3 Å². The quantitative estimate of drug-likeness (QED) is 0.896. The Morgan fingerprint density at radius 3 is 2.53 bits per heavy atom. The second-order valence-electron chi connectivity index (χ2n) is 3.03. The summed E-state index contributed by atoms with van der Waals surface area (Å²) in [5, 5.41) is 9.17. The Morgan fingerprint density at radius 1 is 1.40 bits per heavy atom. The number of nitrogens with two attached hydrogens (primary N) is 1. The van der Waals surface area contributed by atoms with Gasteiger partial charge in [0.2, 0.25) is 0 Å². The van der Waals surface area contributed by atoms with Crippen molar-refractivity contribution < 1.29 is 18.3 Å². The Bertz CT molecular complexity index is 371. The smallest absolute Gasteiger partial charge is 0.278 e. The maximum atomic E-state index is 13.3. The summed E-state index contributed by atoms with van der Waals surface area (Å²) in [5.41, 5.74) is 4.26. The first-order chi connectivity index (χ1) is 6.88. The second kappa shape index (κ2) is 4.40. The van der Waals surface area contributed by atoms with Crippen LogP contribution in [0.4, 0.5) is 13.2 Å². The predicted octanol–water partition coefficient (Wildman–Crippen LogP) is 2.73. The zero-order valence-electron chi connectivity index (χ0n) is 7.61. The summed E-state index contributed by atoms with van der Waals surface area (Å²) in [6.45, 7) is -0.249. The van der Waals surface area contributed by atoms with Gasteiger partial charge in [0.1, 0.15) is 0 Å². The highest BCUT2D eigenvalue weighted by molar-refractivity contribution is 9.10. The van der Waals surface area contributed by atoms with Gasteiger partial charge in [0.25, 0.3) is 5.92 Å². The fourth-order valence-corrected chi connectivity index (χ4v) is 1.59. The highest BCUT2D eigenvalue weighted by atomic mass is 79.9. The van der Waals surface area contributed by atoms with E-state index in [4.69, 9.17) is 10.8 Å². The number of halogens is 4. The van der Waals surface area contributed by atoms with Crippen LogP contribution in [0.15, 0.2) is 16.6 Å². The third kappa shape index (κ3) is 2.63. The third-order valence-corrected chi connectivity index (χ3v) is 2.34. The van der Waals surface area contributed by atoms with Crippen LogP contribution in [0, 0.1) is 5.82 Å². The molecule has 0 saturated heterocycles. The van der Waals surface area contributed by atoms with E-state index in [9.17, 15) is 13.2 Å². The number of benzene rings is 1. The Labute approximate surface area is 93.0 Å². The first-order valence-electron chi connectivity index (χ1n) is 4.15. The molecule has 0 amide bonds. The largest absolute Gasteiger partial charge is 0.504 e. The second-order valence-corrected chi connectivity index (χ2v) is 3.94. The maximum absolute atomic E-state index is 13.3. The summed E-state index contributed by atoms with van der Waals surface area (Å²) >= 11 is 2.88. The van der Waals surface area contributed by atoms with Gasteiger partial charge in [-0.1, -0.05) is 15.9 Å². The third-order valence-electron chi connectivity index (χ3n) is 1.88. The molecule has 0 unspecified atom stereocenters. The molecule has 0 aliphatic heterocycles. The highest BCUT2D eigenvalue weighted by Gasteiger charge is 2.34. The Morgan fingerprint density at radius 2 is 2.00 bits per heavy atom. The Hall–Kier alpha value is -0.750. The lowest BCUT2D eigenvalue weighted by Crippen LogP contribution is -2.19. The molecule has 0 saturated carbocycles. The van der Waals surface area contributed by atoms with Gasteiger partial charge in [0.15, 0.2) is 11.6 Å². The lowest BCUT2D eigenvalue weighted by molar-refractivity contribution is -0.0132. The van der Waals surface area contributed by atoms with Crippen molar-refractivity contribution in [1.29, 1.82) is 0 Å². The number of alkyl halides is 2. The van der Waals surface area contributed by atoms with E-state index in [0.29, 0.717) is 0 Å². The van der Waals surface area contributed by atoms with E-state index >= 15 is 0 Å². The molecule has 15 heavy (non-hydrogen) atoms. The van der Waals surface area contributed by atoms with Gasteiger partial charge in [-0.2, -0.15) is 0 Å². The van der Waals surface area contributed by atoms with E-state index in [0.717, 1.165) is 12.1 Å². The molecule has 84 valence electrons. The van der Waals surface area contributed by atoms with Crippen LogP contribution >= 0.6 is 15.9 Å². The van der Waals surface area contributed by atoms with Crippen LogP contribution in [-0.4, -0.2) is 11.7 Å². The molecular weight excluding hydrogens is 275 g/mol. The fraction of sp³-hybridized carbons (Fsp3) is 0.333. The van der Waals surface area contributed by atoms with Gasteiger partial charge in [0, 0.05) is 10.9 Å². The van der Waals surface area contributed by atoms with Crippen LogP contribution in [0.5, 0.6) is 5.75 Å². The number of phenolic OH excluding ortho intramolecular Hbond substituents is 1. The van der Waals surface area contributed by atoms with Crippen molar-refractivity contribution in [3.05, 3.63) is 28.0 Å². The lowest BCUT2D eigenvalue weighted by Gasteiger charge is -2.17. The zero-order valence-corrected chi connectivity index (χ0v) is 9.19. The van der Waals surface area contributed by atoms with Gasteiger partial charge in [-0.25, -0.2) is 13.2 Å². The van der Waals surface area contributed by atoms with Crippen molar-refractivity contribution >= 4 is 15.9 Å². The molecule has 0 spiro atoms. The van der Waals surface area contributed by atoms with Crippen LogP contribution in [-0.2, 0) is 5.92 Å². The minimum absolute atomic E-state index is 0.143. The van der Waals surface area contributed by atoms with Crippen molar-refractivity contribution in [2.24, 2.45) is 5.73 Å². The van der Waals surface area contributed by atoms with Gasteiger partial charge < -0.3 is 10.8 Å². The number of aromatic hydroxyl groups is 1. The number of hydrogen-bond donors (Lipinski definition) is 2. The molecule has 3 N–H and O–H groups in total. The van der Waals surface area contributed by atoms with Gasteiger partial charge >= 0.3 is 0 Å². The average Bonchev–Trinajstić information content (AvgIpc) is 2.11. The average molecular weight is 284 g/mol. The van der Waals surface area contributed by atoms with Crippen molar-refractivity contribution in [3.8, 4) is 5.75 Å². The van der Waals surface area contributed by atoms with Crippen molar-refractivity contribution in [2.75, 3.05) is 6.54 Å². The summed E-state index contributed by atoms with van der Waals surface area (Å²) in [4.78, 5) is 0. The maximum Gasteiger partial charge on any atom is 0.278 e. The molecule has 0 heterocycles. The topological polar surface area (TPSA) is 46.2 Å². The molecule has 0 bridgehead atoms. The fourth-order valence-electron chi connectivity index (χ4n) is 1.16. The first kappa shape index (κ1) is 12.3. The van der Waals surface area contributed by atoms with Crippen molar-refractivity contribution in [3.63, 3.8) is 0 Å². The molecule has 0 atom stereocenters. The van der Waals surface area contributed by atoms with Gasteiger partial charge in [0.05, 0.1) is 5.56 Å². The normalized spacial score (nSPS) is 11.8. The summed E-state index contributed by atoms with van der Waals surface area (Å²) < 4.78 is 39.8. The molecule has 0 fully saturated rings. The van der Waals surface area contributed by atoms with Crippen LogP contribution in [0.1, 0.15) is 12.0 Å². The van der Waals surface area contributed by atoms with E-state index in [1.807, 2.05) is 0 Å². The molecule has 1 aromatic rings. The van der Waals surface area contributed by atoms with Gasteiger partial charge in [-0.05, 0) is 18.7 Å². The molecule has 2 nitrogen and oxygen atoms in total. The van der Waals surface area contributed by atoms with Crippen molar-refractivity contribution in [1.82, 2.24) is 0 Å². The minimum Gasteiger partial charge on any atom is -0.504 e. The predicted molar refractivity (Wildman–Crippen MR) is 53.3 cm³/mol. The van der Waals surface area contributed by atoms with Crippen LogP contribution < -0.4 is 5.73 Å². The minimum atomic E-state index is -3.33. The van der Waals surface area contributed by atoms with E-state index in [2.05, 4.69) is 15.9 Å². The number of rotatable bonds is 3. The molecule has 6 heteroatoms. The van der Waals surface area contributed by atoms with E-state index in [1.54, 1.807) is 0 Å². The molecule has 0 aromatic heterocycles. The summed E-state index contributed by atoms with van der Waals surface area (Å²) in [6, 6.07) is 1.89. The molecule has 1 aromatic carbocycles. The summed E-state index contributed by atoms with van der Waals surface area (Å²) in [7, 11) is 0. The van der Waals surface area contributed by atoms with Crippen LogP contribution in [0.3, 0.4) is 0 Å². The zero-order chi connectivity index (χ0) is 11.6. The SMILES string of the molecule is NCCC(F)(F)c1cc(Br)cc(F)c1O. The van der Waals surface area contributed by atoms with Crippen LogP contribution in [0.2, 0.25) is 0 Å². The summed E-state index contributed by atoms with van der Waals surface area (Å²) in [5.74, 6) is -5.45. The molecule has 1 rings (SSSR count). The lowest BCUT2D eigenvalue weighted by atomic mass is 10.0. The van der Waals surface area contributed by atoms with Gasteiger partial charge in [-0.15, -0.1) is 0 Å². The molecular formula is C9H9BrF3NO. The summed E-state index contributed by atoms with van der Waals surface area (Å²) in [6.07, 6.45) is -0.642. The Kier molecular flexibility index (Phi) is 3.62. The van der Waals surface area contributed by atoms with E-state index in [-0.39, 0.29) is 11.0 Å². The monoisotopic (exact) mass is 283 g/mol.